The van der Waals surface area contributed by atoms with Crippen molar-refractivity contribution in [3.05, 3.63) is 82.0 Å². The summed E-state index contributed by atoms with van der Waals surface area (Å²) >= 11 is 1.62. The molecule has 2 aromatic heterocycles. The number of aromatic nitrogens is 1. The Morgan fingerprint density at radius 2 is 2.00 bits per heavy atom. The van der Waals surface area contributed by atoms with Gasteiger partial charge in [-0.05, 0) is 24.5 Å². The summed E-state index contributed by atoms with van der Waals surface area (Å²) < 4.78 is 5.60. The van der Waals surface area contributed by atoms with Crippen molar-refractivity contribution in [1.29, 1.82) is 0 Å². The van der Waals surface area contributed by atoms with E-state index in [9.17, 15) is 15.0 Å². The second-order valence-corrected chi connectivity index (χ2v) is 6.45. The second-order valence-electron chi connectivity index (χ2n) is 5.57. The normalized spacial score (nSPS) is 11.9. The van der Waals surface area contributed by atoms with Gasteiger partial charge in [-0.1, -0.05) is 18.2 Å². The summed E-state index contributed by atoms with van der Waals surface area (Å²) in [6.45, 7) is -0.432. The van der Waals surface area contributed by atoms with Gasteiger partial charge in [0.1, 0.15) is 12.4 Å². The van der Waals surface area contributed by atoms with Crippen molar-refractivity contribution in [1.82, 2.24) is 0 Å². The quantitative estimate of drug-likeness (QED) is 0.576. The molecular weight excluding hydrogens is 352 g/mol. The van der Waals surface area contributed by atoms with E-state index >= 15 is 0 Å². The van der Waals surface area contributed by atoms with E-state index in [2.05, 4.69) is 10.3 Å². The zero-order chi connectivity index (χ0) is 18.5. The SMILES string of the molecule is CSc1ccc([C@H](Nc2cccc[nH+]2)c2oc(CO)cc(=O)c2O)cc1. The molecule has 0 aliphatic rings. The van der Waals surface area contributed by atoms with Gasteiger partial charge in [0.05, 0.1) is 6.20 Å². The maximum absolute atomic E-state index is 12.0. The van der Waals surface area contributed by atoms with E-state index in [1.807, 2.05) is 48.7 Å². The highest BCUT2D eigenvalue weighted by atomic mass is 32.2. The lowest BCUT2D eigenvalue weighted by Crippen LogP contribution is -2.20. The third-order valence-electron chi connectivity index (χ3n) is 3.88. The lowest BCUT2D eigenvalue weighted by Gasteiger charge is -2.16. The summed E-state index contributed by atoms with van der Waals surface area (Å²) in [6.07, 6.45) is 3.75. The summed E-state index contributed by atoms with van der Waals surface area (Å²) in [5, 5.41) is 22.9. The number of pyridine rings is 1. The van der Waals surface area contributed by atoms with Crippen LogP contribution in [-0.2, 0) is 6.61 Å². The van der Waals surface area contributed by atoms with Crippen LogP contribution in [0, 0.1) is 0 Å². The number of H-pyrrole nitrogens is 1. The molecule has 6 nitrogen and oxygen atoms in total. The Kier molecular flexibility index (Phi) is 5.60. The molecule has 0 aliphatic heterocycles. The first-order chi connectivity index (χ1) is 12.6. The van der Waals surface area contributed by atoms with Crippen molar-refractivity contribution >= 4 is 17.6 Å². The number of hydrogen-bond acceptors (Lipinski definition) is 6. The fourth-order valence-electron chi connectivity index (χ4n) is 2.56. The first-order valence-electron chi connectivity index (χ1n) is 7.96. The zero-order valence-corrected chi connectivity index (χ0v) is 14.9. The molecule has 0 radical (unpaired) electrons. The molecule has 7 heteroatoms. The van der Waals surface area contributed by atoms with E-state index in [-0.39, 0.29) is 11.5 Å². The Labute approximate surface area is 154 Å². The Hall–Kier alpha value is -2.77. The molecule has 0 bridgehead atoms. The van der Waals surface area contributed by atoms with E-state index in [1.165, 1.54) is 0 Å². The van der Waals surface area contributed by atoms with Crippen molar-refractivity contribution in [3.63, 3.8) is 0 Å². The molecule has 4 N–H and O–H groups in total. The van der Waals surface area contributed by atoms with Gasteiger partial charge in [-0.2, -0.15) is 0 Å². The van der Waals surface area contributed by atoms with Gasteiger partial charge in [0, 0.05) is 22.6 Å². The molecular formula is C19H19N2O4S+. The molecule has 3 aromatic rings. The van der Waals surface area contributed by atoms with Crippen LogP contribution in [-0.4, -0.2) is 16.5 Å². The zero-order valence-electron chi connectivity index (χ0n) is 14.1. The van der Waals surface area contributed by atoms with Crippen molar-refractivity contribution in [3.8, 4) is 5.75 Å². The summed E-state index contributed by atoms with van der Waals surface area (Å²) in [5.74, 6) is 0.343. The number of nitrogens with one attached hydrogen (secondary N) is 2. The Balaban J connectivity index is 2.11. The van der Waals surface area contributed by atoms with Crippen LogP contribution in [0.5, 0.6) is 5.75 Å². The highest BCUT2D eigenvalue weighted by molar-refractivity contribution is 7.98. The fourth-order valence-corrected chi connectivity index (χ4v) is 2.97. The van der Waals surface area contributed by atoms with E-state index in [0.29, 0.717) is 5.82 Å². The van der Waals surface area contributed by atoms with E-state index in [1.54, 1.807) is 18.0 Å². The molecule has 0 saturated carbocycles. The third-order valence-corrected chi connectivity index (χ3v) is 4.62. The molecule has 1 atom stereocenters. The van der Waals surface area contributed by atoms with Gasteiger partial charge in [-0.3, -0.25) is 10.1 Å². The average Bonchev–Trinajstić information content (AvgIpc) is 2.69. The number of aliphatic hydroxyl groups excluding tert-OH is 1. The minimum atomic E-state index is -0.622. The number of thioether (sulfide) groups is 1. The van der Waals surface area contributed by atoms with Gasteiger partial charge in [0.2, 0.25) is 11.2 Å². The highest BCUT2D eigenvalue weighted by Gasteiger charge is 2.27. The Bertz CT molecular complexity index is 927. The monoisotopic (exact) mass is 371 g/mol. The summed E-state index contributed by atoms with van der Waals surface area (Å²) in [7, 11) is 0. The molecule has 0 fully saturated rings. The molecule has 0 saturated heterocycles. The number of rotatable bonds is 6. The molecule has 0 spiro atoms. The molecule has 0 aliphatic carbocycles. The van der Waals surface area contributed by atoms with E-state index < -0.39 is 23.8 Å². The molecule has 1 aromatic carbocycles. The van der Waals surface area contributed by atoms with Crippen LogP contribution in [0.15, 0.2) is 68.8 Å². The molecule has 3 rings (SSSR count). The number of anilines is 1. The lowest BCUT2D eigenvalue weighted by molar-refractivity contribution is -0.361. The van der Waals surface area contributed by atoms with Crippen LogP contribution >= 0.6 is 11.8 Å². The van der Waals surface area contributed by atoms with Gasteiger partial charge in [0.15, 0.2) is 11.8 Å². The molecule has 134 valence electrons. The first-order valence-corrected chi connectivity index (χ1v) is 9.18. The number of hydrogen-bond donors (Lipinski definition) is 3. The topological polar surface area (TPSA) is 96.8 Å². The first kappa shape index (κ1) is 18.0. The summed E-state index contributed by atoms with van der Waals surface area (Å²) in [6, 6.07) is 13.7. The molecule has 0 amide bonds. The number of aliphatic hydroxyl groups is 1. The number of aromatic amines is 1. The van der Waals surface area contributed by atoms with Gasteiger partial charge < -0.3 is 14.6 Å². The molecule has 26 heavy (non-hydrogen) atoms. The molecule has 2 heterocycles. The summed E-state index contributed by atoms with van der Waals surface area (Å²) in [4.78, 5) is 16.2. The maximum atomic E-state index is 12.0. The molecule has 0 unspecified atom stereocenters. The van der Waals surface area contributed by atoms with Gasteiger partial charge in [-0.15, -0.1) is 11.8 Å². The van der Waals surface area contributed by atoms with Crippen molar-refractivity contribution in [2.24, 2.45) is 0 Å². The highest BCUT2D eigenvalue weighted by Crippen LogP contribution is 2.31. The van der Waals surface area contributed by atoms with Gasteiger partial charge in [0.25, 0.3) is 5.82 Å². The van der Waals surface area contributed by atoms with Crippen molar-refractivity contribution < 1.29 is 19.6 Å². The minimum Gasteiger partial charge on any atom is -0.502 e. The maximum Gasteiger partial charge on any atom is 0.273 e. The van der Waals surface area contributed by atoms with Crippen molar-refractivity contribution in [2.75, 3.05) is 11.6 Å². The number of benzene rings is 1. The lowest BCUT2D eigenvalue weighted by atomic mass is 10.0. The van der Waals surface area contributed by atoms with Crippen LogP contribution in [0.4, 0.5) is 5.82 Å². The predicted molar refractivity (Wildman–Crippen MR) is 99.3 cm³/mol. The second kappa shape index (κ2) is 8.07. The Morgan fingerprint density at radius 1 is 1.23 bits per heavy atom. The van der Waals surface area contributed by atoms with Crippen molar-refractivity contribution in [2.45, 2.75) is 17.5 Å². The Morgan fingerprint density at radius 3 is 2.62 bits per heavy atom. The van der Waals surface area contributed by atoms with Crippen LogP contribution in [0.25, 0.3) is 0 Å². The average molecular weight is 371 g/mol. The number of aromatic hydroxyl groups is 1. The third kappa shape index (κ3) is 3.89. The van der Waals surface area contributed by atoms with E-state index in [4.69, 9.17) is 4.42 Å². The minimum absolute atomic E-state index is 0.0516. The summed E-state index contributed by atoms with van der Waals surface area (Å²) in [5.41, 5.74) is 0.202. The van der Waals surface area contributed by atoms with Crippen LogP contribution in [0.3, 0.4) is 0 Å². The van der Waals surface area contributed by atoms with Crippen LogP contribution in [0.1, 0.15) is 23.1 Å². The van der Waals surface area contributed by atoms with Gasteiger partial charge in [-0.25, -0.2) is 4.98 Å². The predicted octanol–water partition coefficient (Wildman–Crippen LogP) is 2.58. The smallest absolute Gasteiger partial charge is 0.273 e. The van der Waals surface area contributed by atoms with Gasteiger partial charge >= 0.3 is 0 Å². The standard InChI is InChI=1S/C19H18N2O4S/c1-26-14-7-5-12(6-8-14)17(21-16-4-2-3-9-20-16)19-18(24)15(23)10-13(11-22)25-19/h2-10,17,22,24H,11H2,1H3,(H,20,21)/p+1/t17-/m0/s1. The largest absolute Gasteiger partial charge is 0.502 e. The fraction of sp³-hybridized carbons (Fsp3) is 0.158. The van der Waals surface area contributed by atoms with Crippen LogP contribution < -0.4 is 15.7 Å². The van der Waals surface area contributed by atoms with Crippen LogP contribution in [0.2, 0.25) is 0 Å². The van der Waals surface area contributed by atoms with E-state index in [0.717, 1.165) is 16.5 Å².